The van der Waals surface area contributed by atoms with Gasteiger partial charge in [0.2, 0.25) is 0 Å². The van der Waals surface area contributed by atoms with E-state index in [9.17, 15) is 4.79 Å². The molecule has 1 aromatic carbocycles. The average Bonchev–Trinajstić information content (AvgIpc) is 2.20. The number of carboxylic acid groups (broad SMARTS) is 1. The van der Waals surface area contributed by atoms with Crippen LogP contribution in [0, 0.1) is 0 Å². The smallest absolute Gasteiger partial charge is 0.336 e. The van der Waals surface area contributed by atoms with Crippen molar-refractivity contribution >= 4 is 33.7 Å². The molecule has 1 N–H and O–H groups in total. The molecule has 0 aliphatic heterocycles. The van der Waals surface area contributed by atoms with Crippen molar-refractivity contribution in [1.29, 1.82) is 0 Å². The lowest BCUT2D eigenvalue weighted by molar-refractivity contribution is 0.0695. The second kappa shape index (κ2) is 5.98. The summed E-state index contributed by atoms with van der Waals surface area (Å²) in [7, 11) is 0. The Morgan fingerprint density at radius 3 is 2.93 bits per heavy atom. The molecule has 0 spiro atoms. The van der Waals surface area contributed by atoms with Crippen LogP contribution < -0.4 is 0 Å². The first-order valence-corrected chi connectivity index (χ1v) is 6.19. The molecule has 0 fully saturated rings. The zero-order valence-electron chi connectivity index (χ0n) is 8.07. The van der Waals surface area contributed by atoms with Crippen LogP contribution in [0.1, 0.15) is 16.8 Å². The monoisotopic (exact) mass is 286 g/mol. The molecule has 1 aromatic rings. The molecule has 1 rings (SSSR count). The molecule has 0 bridgehead atoms. The van der Waals surface area contributed by atoms with Crippen LogP contribution in [0.25, 0.3) is 0 Å². The van der Waals surface area contributed by atoms with Crippen molar-refractivity contribution in [3.8, 4) is 0 Å². The van der Waals surface area contributed by atoms with Gasteiger partial charge in [0, 0.05) is 15.1 Å². The van der Waals surface area contributed by atoms with Gasteiger partial charge >= 0.3 is 5.97 Å². The summed E-state index contributed by atoms with van der Waals surface area (Å²) in [6, 6.07) is 5.35. The van der Waals surface area contributed by atoms with Crippen molar-refractivity contribution in [3.63, 3.8) is 0 Å². The minimum Gasteiger partial charge on any atom is -0.478 e. The van der Waals surface area contributed by atoms with Gasteiger partial charge in [-0.3, -0.25) is 0 Å². The van der Waals surface area contributed by atoms with Crippen molar-refractivity contribution in [3.05, 3.63) is 40.9 Å². The van der Waals surface area contributed by atoms with E-state index in [4.69, 9.17) is 5.11 Å². The van der Waals surface area contributed by atoms with Crippen LogP contribution in [0.15, 0.2) is 40.2 Å². The van der Waals surface area contributed by atoms with E-state index in [0.29, 0.717) is 10.0 Å². The van der Waals surface area contributed by atoms with Gasteiger partial charge in [-0.05, 0) is 40.5 Å². The summed E-state index contributed by atoms with van der Waals surface area (Å²) in [5.74, 6) is 0.0116. The van der Waals surface area contributed by atoms with E-state index in [2.05, 4.69) is 22.5 Å². The molecule has 0 radical (unpaired) electrons. The Labute approximate surface area is 102 Å². The minimum atomic E-state index is -0.909. The number of rotatable bonds is 5. The standard InChI is InChI=1S/C11H11BrO2S/c1-2-3-6-15-8-4-5-10(12)9(7-8)11(13)14/h2,4-5,7H,1,3,6H2,(H,13,14). The zero-order valence-corrected chi connectivity index (χ0v) is 10.5. The molecule has 0 atom stereocenters. The number of halogens is 1. The van der Waals surface area contributed by atoms with Gasteiger partial charge in [0.15, 0.2) is 0 Å². The highest BCUT2D eigenvalue weighted by Crippen LogP contribution is 2.25. The van der Waals surface area contributed by atoms with Gasteiger partial charge in [-0.15, -0.1) is 18.3 Å². The van der Waals surface area contributed by atoms with Crippen LogP contribution in [-0.2, 0) is 0 Å². The number of thioether (sulfide) groups is 1. The molecule has 0 heterocycles. The molecule has 0 saturated carbocycles. The molecule has 15 heavy (non-hydrogen) atoms. The van der Waals surface area contributed by atoms with Crippen LogP contribution in [0.2, 0.25) is 0 Å². The van der Waals surface area contributed by atoms with Gasteiger partial charge < -0.3 is 5.11 Å². The summed E-state index contributed by atoms with van der Waals surface area (Å²) in [5, 5.41) is 8.91. The highest BCUT2D eigenvalue weighted by Gasteiger charge is 2.08. The summed E-state index contributed by atoms with van der Waals surface area (Å²) in [6.07, 6.45) is 2.77. The molecule has 0 unspecified atom stereocenters. The molecule has 80 valence electrons. The van der Waals surface area contributed by atoms with Crippen LogP contribution in [0.4, 0.5) is 0 Å². The number of hydrogen-bond acceptors (Lipinski definition) is 2. The second-order valence-corrected chi connectivity index (χ2v) is 4.90. The molecule has 0 aliphatic carbocycles. The molecule has 0 aliphatic rings. The maximum Gasteiger partial charge on any atom is 0.336 e. The first-order chi connectivity index (χ1) is 7.15. The predicted octanol–water partition coefficient (Wildman–Crippen LogP) is 3.82. The summed E-state index contributed by atoms with van der Waals surface area (Å²) >= 11 is 4.84. The molecule has 4 heteroatoms. The van der Waals surface area contributed by atoms with E-state index in [0.717, 1.165) is 17.1 Å². The molecule has 0 saturated heterocycles. The third-order valence-corrected chi connectivity index (χ3v) is 3.48. The number of benzene rings is 1. The number of allylic oxidation sites excluding steroid dienone is 1. The topological polar surface area (TPSA) is 37.3 Å². The summed E-state index contributed by atoms with van der Waals surface area (Å²) < 4.78 is 0.614. The lowest BCUT2D eigenvalue weighted by Gasteiger charge is -2.03. The molecule has 2 nitrogen and oxygen atoms in total. The fourth-order valence-electron chi connectivity index (χ4n) is 1.02. The summed E-state index contributed by atoms with van der Waals surface area (Å²) in [6.45, 7) is 3.64. The van der Waals surface area contributed by atoms with Crippen LogP contribution >= 0.6 is 27.7 Å². The number of carboxylic acids is 1. The van der Waals surface area contributed by atoms with E-state index < -0.39 is 5.97 Å². The van der Waals surface area contributed by atoms with Crippen molar-refractivity contribution in [2.45, 2.75) is 11.3 Å². The predicted molar refractivity (Wildman–Crippen MR) is 66.6 cm³/mol. The third kappa shape index (κ3) is 3.72. The molecule has 0 aromatic heterocycles. The first kappa shape index (κ1) is 12.3. The SMILES string of the molecule is C=CCCSc1ccc(Br)c(C(=O)O)c1. The fraction of sp³-hybridized carbons (Fsp3) is 0.182. The average molecular weight is 287 g/mol. The lowest BCUT2D eigenvalue weighted by atomic mass is 10.2. The van der Waals surface area contributed by atoms with Gasteiger partial charge in [0.25, 0.3) is 0 Å². The van der Waals surface area contributed by atoms with Crippen molar-refractivity contribution in [2.75, 3.05) is 5.75 Å². The van der Waals surface area contributed by atoms with Gasteiger partial charge in [0.05, 0.1) is 5.56 Å². The Kier molecular flexibility index (Phi) is 4.91. The van der Waals surface area contributed by atoms with Gasteiger partial charge in [-0.2, -0.15) is 0 Å². The Balaban J connectivity index is 2.78. The molecular formula is C11H11BrO2S. The van der Waals surface area contributed by atoms with E-state index in [1.165, 1.54) is 0 Å². The third-order valence-electron chi connectivity index (χ3n) is 1.76. The largest absolute Gasteiger partial charge is 0.478 e. The van der Waals surface area contributed by atoms with E-state index in [-0.39, 0.29) is 0 Å². The van der Waals surface area contributed by atoms with Crippen molar-refractivity contribution in [1.82, 2.24) is 0 Å². The molecular weight excluding hydrogens is 276 g/mol. The number of carbonyl (C=O) groups is 1. The normalized spacial score (nSPS) is 9.93. The maximum absolute atomic E-state index is 10.8. The number of aromatic carboxylic acids is 1. The Morgan fingerprint density at radius 1 is 1.60 bits per heavy atom. The second-order valence-electron chi connectivity index (χ2n) is 2.87. The quantitative estimate of drug-likeness (QED) is 0.508. The Hall–Kier alpha value is -0.740. The minimum absolute atomic E-state index is 0.304. The van der Waals surface area contributed by atoms with Gasteiger partial charge in [-0.25, -0.2) is 4.79 Å². The zero-order chi connectivity index (χ0) is 11.3. The lowest BCUT2D eigenvalue weighted by Crippen LogP contribution is -1.97. The highest BCUT2D eigenvalue weighted by molar-refractivity contribution is 9.10. The van der Waals surface area contributed by atoms with Crippen molar-refractivity contribution in [2.24, 2.45) is 0 Å². The van der Waals surface area contributed by atoms with E-state index >= 15 is 0 Å². The van der Waals surface area contributed by atoms with E-state index in [1.807, 2.05) is 12.1 Å². The Bertz CT molecular complexity index is 377. The van der Waals surface area contributed by atoms with Gasteiger partial charge in [0.1, 0.15) is 0 Å². The summed E-state index contributed by atoms with van der Waals surface area (Å²) in [4.78, 5) is 11.8. The van der Waals surface area contributed by atoms with E-state index in [1.54, 1.807) is 23.9 Å². The van der Waals surface area contributed by atoms with Crippen LogP contribution in [0.5, 0.6) is 0 Å². The summed E-state index contributed by atoms with van der Waals surface area (Å²) in [5.41, 5.74) is 0.304. The fourth-order valence-corrected chi connectivity index (χ4v) is 2.32. The van der Waals surface area contributed by atoms with Gasteiger partial charge in [-0.1, -0.05) is 6.08 Å². The maximum atomic E-state index is 10.8. The van der Waals surface area contributed by atoms with Crippen LogP contribution in [-0.4, -0.2) is 16.8 Å². The van der Waals surface area contributed by atoms with Crippen molar-refractivity contribution < 1.29 is 9.90 Å². The Morgan fingerprint density at radius 2 is 2.33 bits per heavy atom. The molecule has 0 amide bonds. The van der Waals surface area contributed by atoms with Crippen LogP contribution in [0.3, 0.4) is 0 Å². The first-order valence-electron chi connectivity index (χ1n) is 4.41. The number of hydrogen-bond donors (Lipinski definition) is 1. The highest BCUT2D eigenvalue weighted by atomic mass is 79.9.